The van der Waals surface area contributed by atoms with Crippen molar-refractivity contribution >= 4 is 0 Å². The maximum Gasteiger partial charge on any atom is 0.251 e. The molecule has 0 unspecified atom stereocenters. The van der Waals surface area contributed by atoms with E-state index in [-0.39, 0.29) is 17.5 Å². The van der Waals surface area contributed by atoms with Crippen molar-refractivity contribution in [3.05, 3.63) is 57.8 Å². The highest BCUT2D eigenvalue weighted by Gasteiger charge is 2.25. The van der Waals surface area contributed by atoms with Gasteiger partial charge in [-0.05, 0) is 19.1 Å². The van der Waals surface area contributed by atoms with Crippen LogP contribution in [-0.4, -0.2) is 39.5 Å². The van der Waals surface area contributed by atoms with E-state index in [1.165, 1.54) is 12.1 Å². The number of aromatic amines is 1. The molecule has 0 amide bonds. The van der Waals surface area contributed by atoms with Crippen molar-refractivity contribution in [2.24, 2.45) is 0 Å². The summed E-state index contributed by atoms with van der Waals surface area (Å²) in [6, 6.07) is 4.41. The second-order valence-corrected chi connectivity index (χ2v) is 5.30. The Balaban J connectivity index is 1.74. The summed E-state index contributed by atoms with van der Waals surface area (Å²) in [4.78, 5) is 24.7. The number of pyridine rings is 1. The molecule has 22 heavy (non-hydrogen) atoms. The van der Waals surface area contributed by atoms with Gasteiger partial charge in [-0.15, -0.1) is 0 Å². The third-order valence-corrected chi connectivity index (χ3v) is 3.55. The summed E-state index contributed by atoms with van der Waals surface area (Å²) in [6.07, 6.45) is 1.25. The molecule has 0 saturated carbocycles. The van der Waals surface area contributed by atoms with Crippen LogP contribution in [0.5, 0.6) is 0 Å². The summed E-state index contributed by atoms with van der Waals surface area (Å²) < 4.78 is 19.4. The molecule has 0 bridgehead atoms. The third kappa shape index (κ3) is 3.37. The van der Waals surface area contributed by atoms with Crippen LogP contribution in [0.3, 0.4) is 0 Å². The Morgan fingerprint density at radius 2 is 2.41 bits per heavy atom. The van der Waals surface area contributed by atoms with E-state index in [0.29, 0.717) is 43.5 Å². The van der Waals surface area contributed by atoms with Crippen molar-refractivity contribution in [3.63, 3.8) is 0 Å². The molecule has 2 aromatic rings. The Labute approximate surface area is 127 Å². The van der Waals surface area contributed by atoms with Crippen LogP contribution < -0.4 is 5.56 Å². The van der Waals surface area contributed by atoms with Crippen LogP contribution in [0.25, 0.3) is 0 Å². The van der Waals surface area contributed by atoms with Gasteiger partial charge in [0.15, 0.2) is 0 Å². The minimum absolute atomic E-state index is 0.195. The SMILES string of the molecule is Cc1cc(=O)[nH]c([C@@H]2CN(Cc3ncccc3F)CCO2)n1. The summed E-state index contributed by atoms with van der Waals surface area (Å²) >= 11 is 0. The number of halogens is 1. The Bertz CT molecular complexity index is 719. The fourth-order valence-corrected chi connectivity index (χ4v) is 2.51. The lowest BCUT2D eigenvalue weighted by atomic mass is 10.2. The van der Waals surface area contributed by atoms with E-state index in [1.807, 2.05) is 4.90 Å². The lowest BCUT2D eigenvalue weighted by Gasteiger charge is -2.32. The molecule has 7 heteroatoms. The largest absolute Gasteiger partial charge is 0.368 e. The quantitative estimate of drug-likeness (QED) is 0.922. The summed E-state index contributed by atoms with van der Waals surface area (Å²) in [5.74, 6) is 0.198. The zero-order valence-corrected chi connectivity index (χ0v) is 12.3. The van der Waals surface area contributed by atoms with Crippen LogP contribution in [0, 0.1) is 12.7 Å². The molecule has 0 spiro atoms. The van der Waals surface area contributed by atoms with Crippen LogP contribution in [0.1, 0.15) is 23.3 Å². The van der Waals surface area contributed by atoms with E-state index >= 15 is 0 Å². The Hall–Kier alpha value is -2.12. The molecule has 0 aromatic carbocycles. The second-order valence-electron chi connectivity index (χ2n) is 5.30. The monoisotopic (exact) mass is 304 g/mol. The van der Waals surface area contributed by atoms with Crippen molar-refractivity contribution in [2.45, 2.75) is 19.6 Å². The predicted molar refractivity (Wildman–Crippen MR) is 77.8 cm³/mol. The van der Waals surface area contributed by atoms with Crippen LogP contribution in [0.4, 0.5) is 4.39 Å². The van der Waals surface area contributed by atoms with Crippen LogP contribution in [0.2, 0.25) is 0 Å². The zero-order chi connectivity index (χ0) is 15.5. The van der Waals surface area contributed by atoms with E-state index in [9.17, 15) is 9.18 Å². The first-order valence-corrected chi connectivity index (χ1v) is 7.13. The number of rotatable bonds is 3. The summed E-state index contributed by atoms with van der Waals surface area (Å²) in [7, 11) is 0. The van der Waals surface area contributed by atoms with E-state index < -0.39 is 0 Å². The Morgan fingerprint density at radius 1 is 1.55 bits per heavy atom. The second kappa shape index (κ2) is 6.33. The summed E-state index contributed by atoms with van der Waals surface area (Å²) in [6.45, 7) is 3.88. The molecule has 1 saturated heterocycles. The first-order valence-electron chi connectivity index (χ1n) is 7.13. The van der Waals surface area contributed by atoms with Gasteiger partial charge in [0.05, 0.1) is 12.3 Å². The Morgan fingerprint density at radius 3 is 3.18 bits per heavy atom. The number of nitrogens with one attached hydrogen (secondary N) is 1. The molecule has 3 heterocycles. The number of aromatic nitrogens is 3. The highest BCUT2D eigenvalue weighted by molar-refractivity contribution is 5.08. The zero-order valence-electron chi connectivity index (χ0n) is 12.3. The Kier molecular flexibility index (Phi) is 4.26. The highest BCUT2D eigenvalue weighted by Crippen LogP contribution is 2.20. The maximum atomic E-state index is 13.7. The fraction of sp³-hybridized carbons (Fsp3) is 0.400. The molecule has 3 rings (SSSR count). The van der Waals surface area contributed by atoms with Crippen molar-refractivity contribution < 1.29 is 9.13 Å². The number of morpholine rings is 1. The number of nitrogens with zero attached hydrogens (tertiary/aromatic N) is 3. The highest BCUT2D eigenvalue weighted by atomic mass is 19.1. The number of ether oxygens (including phenoxy) is 1. The topological polar surface area (TPSA) is 71.1 Å². The number of aryl methyl sites for hydroxylation is 1. The lowest BCUT2D eigenvalue weighted by Crippen LogP contribution is -2.39. The van der Waals surface area contributed by atoms with Gasteiger partial charge in [0, 0.05) is 37.6 Å². The van der Waals surface area contributed by atoms with Crippen molar-refractivity contribution in [1.29, 1.82) is 0 Å². The van der Waals surface area contributed by atoms with E-state index in [4.69, 9.17) is 4.74 Å². The molecule has 2 aromatic heterocycles. The average Bonchev–Trinajstić information content (AvgIpc) is 2.49. The molecular weight excluding hydrogens is 287 g/mol. The lowest BCUT2D eigenvalue weighted by molar-refractivity contribution is -0.0380. The molecule has 1 atom stereocenters. The molecule has 0 aliphatic carbocycles. The van der Waals surface area contributed by atoms with E-state index in [2.05, 4.69) is 15.0 Å². The fourth-order valence-electron chi connectivity index (χ4n) is 2.51. The first-order chi connectivity index (χ1) is 10.6. The molecule has 6 nitrogen and oxygen atoms in total. The van der Waals surface area contributed by atoms with Gasteiger partial charge in [-0.1, -0.05) is 0 Å². The van der Waals surface area contributed by atoms with Crippen molar-refractivity contribution in [3.8, 4) is 0 Å². The van der Waals surface area contributed by atoms with E-state index in [0.717, 1.165) is 0 Å². The van der Waals surface area contributed by atoms with Gasteiger partial charge in [-0.25, -0.2) is 9.37 Å². The van der Waals surface area contributed by atoms with Gasteiger partial charge in [-0.2, -0.15) is 0 Å². The molecule has 1 fully saturated rings. The van der Waals surface area contributed by atoms with Gasteiger partial charge >= 0.3 is 0 Å². The van der Waals surface area contributed by atoms with Crippen LogP contribution >= 0.6 is 0 Å². The number of hydrogen-bond donors (Lipinski definition) is 1. The van der Waals surface area contributed by atoms with Gasteiger partial charge in [0.2, 0.25) is 0 Å². The molecular formula is C15H17FN4O2. The normalized spacial score (nSPS) is 19.3. The third-order valence-electron chi connectivity index (χ3n) is 3.55. The molecule has 0 radical (unpaired) electrons. The van der Waals surface area contributed by atoms with Gasteiger partial charge < -0.3 is 9.72 Å². The number of H-pyrrole nitrogens is 1. The molecule has 116 valence electrons. The van der Waals surface area contributed by atoms with Crippen molar-refractivity contribution in [2.75, 3.05) is 19.7 Å². The first kappa shape index (κ1) is 14.8. The summed E-state index contributed by atoms with van der Waals surface area (Å²) in [5.41, 5.74) is 0.864. The maximum absolute atomic E-state index is 13.7. The minimum Gasteiger partial charge on any atom is -0.368 e. The molecule has 1 aliphatic heterocycles. The number of hydrogen-bond acceptors (Lipinski definition) is 5. The predicted octanol–water partition coefficient (Wildman–Crippen LogP) is 1.19. The van der Waals surface area contributed by atoms with Crippen LogP contribution in [0.15, 0.2) is 29.2 Å². The molecule has 1 N–H and O–H groups in total. The van der Waals surface area contributed by atoms with Crippen molar-refractivity contribution in [1.82, 2.24) is 19.9 Å². The van der Waals surface area contributed by atoms with Gasteiger partial charge in [0.1, 0.15) is 17.7 Å². The van der Waals surface area contributed by atoms with Gasteiger partial charge in [-0.3, -0.25) is 14.7 Å². The average molecular weight is 304 g/mol. The summed E-state index contributed by atoms with van der Waals surface area (Å²) in [5, 5.41) is 0. The van der Waals surface area contributed by atoms with E-state index in [1.54, 1.807) is 19.2 Å². The standard InChI is InChI=1S/C15H17FN4O2/c1-10-7-14(21)19-15(18-10)13-9-20(5-6-22-13)8-12-11(16)3-2-4-17-12/h2-4,7,13H,5-6,8-9H2,1H3,(H,18,19,21)/t13-/m0/s1. The smallest absolute Gasteiger partial charge is 0.251 e. The van der Waals surface area contributed by atoms with Crippen LogP contribution in [-0.2, 0) is 11.3 Å². The van der Waals surface area contributed by atoms with Gasteiger partial charge in [0.25, 0.3) is 5.56 Å². The minimum atomic E-state index is -0.326. The molecule has 1 aliphatic rings.